The van der Waals surface area contributed by atoms with E-state index in [4.69, 9.17) is 4.74 Å². The van der Waals surface area contributed by atoms with Gasteiger partial charge in [0.1, 0.15) is 0 Å². The van der Waals surface area contributed by atoms with Gasteiger partial charge in [0.15, 0.2) is 0 Å². The fourth-order valence-electron chi connectivity index (χ4n) is 2.51. The standard InChI is InChI=1S/C15H32N2O/c1-14(2)11-16-8-4-5-9-17(3)12-15-7-6-10-18-13-15/h14-16H,4-13H2,1-3H3. The van der Waals surface area contributed by atoms with Crippen LogP contribution in [0, 0.1) is 11.8 Å². The summed E-state index contributed by atoms with van der Waals surface area (Å²) in [6, 6.07) is 0. The lowest BCUT2D eigenvalue weighted by Crippen LogP contribution is -2.31. The molecule has 0 spiro atoms. The van der Waals surface area contributed by atoms with Gasteiger partial charge in [-0.15, -0.1) is 0 Å². The Morgan fingerprint density at radius 2 is 2.17 bits per heavy atom. The molecular formula is C15H32N2O. The zero-order valence-corrected chi connectivity index (χ0v) is 12.6. The summed E-state index contributed by atoms with van der Waals surface area (Å²) in [5.74, 6) is 1.53. The molecule has 1 saturated heterocycles. The predicted octanol–water partition coefficient (Wildman–Crippen LogP) is 2.37. The Morgan fingerprint density at radius 3 is 2.83 bits per heavy atom. The van der Waals surface area contributed by atoms with Gasteiger partial charge in [-0.3, -0.25) is 0 Å². The van der Waals surface area contributed by atoms with Crippen LogP contribution in [0.2, 0.25) is 0 Å². The maximum Gasteiger partial charge on any atom is 0.0506 e. The molecular weight excluding hydrogens is 224 g/mol. The van der Waals surface area contributed by atoms with E-state index in [1.54, 1.807) is 0 Å². The van der Waals surface area contributed by atoms with Crippen LogP contribution in [0.15, 0.2) is 0 Å². The molecule has 0 aromatic rings. The summed E-state index contributed by atoms with van der Waals surface area (Å²) >= 11 is 0. The molecule has 1 N–H and O–H groups in total. The molecule has 3 nitrogen and oxygen atoms in total. The Labute approximate surface area is 113 Å². The minimum absolute atomic E-state index is 0.763. The van der Waals surface area contributed by atoms with Crippen molar-refractivity contribution in [1.82, 2.24) is 10.2 Å². The fourth-order valence-corrected chi connectivity index (χ4v) is 2.51. The Morgan fingerprint density at radius 1 is 1.33 bits per heavy atom. The molecule has 18 heavy (non-hydrogen) atoms. The fraction of sp³-hybridized carbons (Fsp3) is 1.00. The summed E-state index contributed by atoms with van der Waals surface area (Å²) in [4.78, 5) is 2.47. The highest BCUT2D eigenvalue weighted by Crippen LogP contribution is 2.14. The second kappa shape index (κ2) is 9.76. The molecule has 0 saturated carbocycles. The van der Waals surface area contributed by atoms with Crippen LogP contribution in [-0.4, -0.2) is 51.3 Å². The zero-order chi connectivity index (χ0) is 13.2. The average molecular weight is 256 g/mol. The van der Waals surface area contributed by atoms with E-state index in [1.165, 1.54) is 45.3 Å². The van der Waals surface area contributed by atoms with E-state index >= 15 is 0 Å². The number of nitrogens with one attached hydrogen (secondary N) is 1. The highest BCUT2D eigenvalue weighted by atomic mass is 16.5. The van der Waals surface area contributed by atoms with Crippen molar-refractivity contribution in [1.29, 1.82) is 0 Å². The number of ether oxygens (including phenoxy) is 1. The van der Waals surface area contributed by atoms with Gasteiger partial charge in [-0.25, -0.2) is 0 Å². The Balaban J connectivity index is 1.91. The highest BCUT2D eigenvalue weighted by Gasteiger charge is 2.15. The molecule has 1 rings (SSSR count). The van der Waals surface area contributed by atoms with Gasteiger partial charge in [0, 0.05) is 13.2 Å². The van der Waals surface area contributed by atoms with Gasteiger partial charge in [-0.1, -0.05) is 13.8 Å². The van der Waals surface area contributed by atoms with Crippen molar-refractivity contribution in [2.45, 2.75) is 39.5 Å². The predicted molar refractivity (Wildman–Crippen MR) is 78.0 cm³/mol. The van der Waals surface area contributed by atoms with Gasteiger partial charge >= 0.3 is 0 Å². The number of nitrogens with zero attached hydrogens (tertiary/aromatic N) is 1. The maximum atomic E-state index is 5.53. The molecule has 0 aromatic carbocycles. The second-order valence-corrected chi connectivity index (χ2v) is 6.15. The molecule has 0 aromatic heterocycles. The second-order valence-electron chi connectivity index (χ2n) is 6.15. The molecule has 108 valence electrons. The van der Waals surface area contributed by atoms with Crippen molar-refractivity contribution < 1.29 is 4.74 Å². The topological polar surface area (TPSA) is 24.5 Å². The summed E-state index contributed by atoms with van der Waals surface area (Å²) in [7, 11) is 2.25. The molecule has 3 heteroatoms. The first-order chi connectivity index (χ1) is 8.68. The lowest BCUT2D eigenvalue weighted by atomic mass is 10.0. The van der Waals surface area contributed by atoms with Crippen LogP contribution in [0.4, 0.5) is 0 Å². The molecule has 1 fully saturated rings. The summed E-state index contributed by atoms with van der Waals surface area (Å²) in [5, 5.41) is 3.50. The number of hydrogen-bond donors (Lipinski definition) is 1. The van der Waals surface area contributed by atoms with E-state index in [1.807, 2.05) is 0 Å². The first-order valence-electron chi connectivity index (χ1n) is 7.65. The Bertz CT molecular complexity index is 191. The average Bonchev–Trinajstić information content (AvgIpc) is 2.34. The van der Waals surface area contributed by atoms with Crippen molar-refractivity contribution >= 4 is 0 Å². The largest absolute Gasteiger partial charge is 0.381 e. The van der Waals surface area contributed by atoms with Gasteiger partial charge in [0.2, 0.25) is 0 Å². The van der Waals surface area contributed by atoms with Gasteiger partial charge in [0.05, 0.1) is 6.61 Å². The quantitative estimate of drug-likeness (QED) is 0.641. The lowest BCUT2D eigenvalue weighted by molar-refractivity contribution is 0.0419. The van der Waals surface area contributed by atoms with Crippen molar-refractivity contribution in [2.75, 3.05) is 46.4 Å². The molecule has 1 heterocycles. The normalized spacial score (nSPS) is 20.8. The van der Waals surface area contributed by atoms with E-state index in [0.717, 1.165) is 31.6 Å². The molecule has 0 aliphatic carbocycles. The smallest absolute Gasteiger partial charge is 0.0506 e. The third-order valence-electron chi connectivity index (χ3n) is 3.52. The summed E-state index contributed by atoms with van der Waals surface area (Å²) in [5.41, 5.74) is 0. The molecule has 1 aliphatic rings. The van der Waals surface area contributed by atoms with Crippen molar-refractivity contribution in [3.8, 4) is 0 Å². The van der Waals surface area contributed by atoms with Gasteiger partial charge in [0.25, 0.3) is 0 Å². The SMILES string of the molecule is CC(C)CNCCCCN(C)CC1CCCOC1. The summed E-state index contributed by atoms with van der Waals surface area (Å²) < 4.78 is 5.53. The summed E-state index contributed by atoms with van der Waals surface area (Å²) in [6.07, 6.45) is 5.19. The Kier molecular flexibility index (Phi) is 8.64. The van der Waals surface area contributed by atoms with Crippen LogP contribution < -0.4 is 5.32 Å². The first kappa shape index (κ1) is 15.9. The van der Waals surface area contributed by atoms with Crippen molar-refractivity contribution in [3.63, 3.8) is 0 Å². The van der Waals surface area contributed by atoms with E-state index in [0.29, 0.717) is 0 Å². The molecule has 0 amide bonds. The first-order valence-corrected chi connectivity index (χ1v) is 7.65. The van der Waals surface area contributed by atoms with E-state index in [9.17, 15) is 0 Å². The summed E-state index contributed by atoms with van der Waals surface area (Å²) in [6.45, 7) is 11.2. The minimum Gasteiger partial charge on any atom is -0.381 e. The van der Waals surface area contributed by atoms with Crippen LogP contribution in [0.3, 0.4) is 0 Å². The Hall–Kier alpha value is -0.120. The van der Waals surface area contributed by atoms with Crippen LogP contribution in [0.5, 0.6) is 0 Å². The number of hydrogen-bond acceptors (Lipinski definition) is 3. The molecule has 0 bridgehead atoms. The highest BCUT2D eigenvalue weighted by molar-refractivity contribution is 4.67. The molecule has 0 radical (unpaired) electrons. The van der Waals surface area contributed by atoms with Crippen LogP contribution in [0.25, 0.3) is 0 Å². The van der Waals surface area contributed by atoms with Gasteiger partial charge in [-0.05, 0) is 64.2 Å². The zero-order valence-electron chi connectivity index (χ0n) is 12.6. The van der Waals surface area contributed by atoms with Crippen LogP contribution in [-0.2, 0) is 4.74 Å². The molecule has 1 atom stereocenters. The number of rotatable bonds is 9. The van der Waals surface area contributed by atoms with Crippen molar-refractivity contribution in [3.05, 3.63) is 0 Å². The van der Waals surface area contributed by atoms with Gasteiger partial charge < -0.3 is 15.0 Å². The lowest BCUT2D eigenvalue weighted by Gasteiger charge is -2.27. The maximum absolute atomic E-state index is 5.53. The van der Waals surface area contributed by atoms with Crippen LogP contribution >= 0.6 is 0 Å². The van der Waals surface area contributed by atoms with Gasteiger partial charge in [-0.2, -0.15) is 0 Å². The minimum atomic E-state index is 0.763. The third-order valence-corrected chi connectivity index (χ3v) is 3.52. The van der Waals surface area contributed by atoms with E-state index in [2.05, 4.69) is 31.1 Å². The van der Waals surface area contributed by atoms with E-state index in [-0.39, 0.29) is 0 Å². The van der Waals surface area contributed by atoms with Crippen LogP contribution in [0.1, 0.15) is 39.5 Å². The monoisotopic (exact) mass is 256 g/mol. The third kappa shape index (κ3) is 8.06. The molecule has 1 aliphatic heterocycles. The van der Waals surface area contributed by atoms with Crippen molar-refractivity contribution in [2.24, 2.45) is 11.8 Å². The number of unbranched alkanes of at least 4 members (excludes halogenated alkanes) is 1. The molecule has 1 unspecified atom stereocenters. The van der Waals surface area contributed by atoms with E-state index < -0.39 is 0 Å².